The Labute approximate surface area is 200 Å². The number of fused-ring (bicyclic) bond motifs is 1. The van der Waals surface area contributed by atoms with Crippen LogP contribution in [-0.2, 0) is 4.74 Å². The Bertz CT molecular complexity index is 759. The average molecular weight is 544 g/mol. The number of unbranched alkanes of at least 4 members (excludes halogenated alkanes) is 2. The number of rotatable bonds is 14. The van der Waals surface area contributed by atoms with Crippen molar-refractivity contribution in [1.29, 1.82) is 0 Å². The van der Waals surface area contributed by atoms with Crippen LogP contribution in [0.5, 0.6) is 5.75 Å². The van der Waals surface area contributed by atoms with Crippen LogP contribution in [0.4, 0.5) is 0 Å². The van der Waals surface area contributed by atoms with Gasteiger partial charge in [0.1, 0.15) is 11.5 Å². The van der Waals surface area contributed by atoms with Gasteiger partial charge in [-0.05, 0) is 59.2 Å². The molecule has 2 nitrogen and oxygen atoms in total. The lowest BCUT2D eigenvalue weighted by molar-refractivity contribution is 0.194. The molecule has 0 bridgehead atoms. The summed E-state index contributed by atoms with van der Waals surface area (Å²) in [6, 6.07) is 4.28. The van der Waals surface area contributed by atoms with E-state index in [9.17, 15) is 0 Å². The van der Waals surface area contributed by atoms with Crippen molar-refractivity contribution in [3.05, 3.63) is 27.0 Å². The van der Waals surface area contributed by atoms with Crippen LogP contribution in [0, 0.1) is 11.8 Å². The maximum Gasteiger partial charge on any atom is 0.141 e. The highest BCUT2D eigenvalue weighted by molar-refractivity contribution is 9.10. The number of ether oxygens (including phenoxy) is 2. The average Bonchev–Trinajstić information content (AvgIpc) is 2.76. The van der Waals surface area contributed by atoms with Crippen LogP contribution in [0.15, 0.2) is 16.6 Å². The number of benzene rings is 1. The van der Waals surface area contributed by atoms with E-state index in [4.69, 9.17) is 9.47 Å². The molecule has 0 amide bonds. The first-order valence-corrected chi connectivity index (χ1v) is 13.7. The summed E-state index contributed by atoms with van der Waals surface area (Å²) in [5, 5.41) is 2.36. The van der Waals surface area contributed by atoms with Gasteiger partial charge in [-0.1, -0.05) is 88.2 Å². The number of halogens is 2. The first-order valence-electron chi connectivity index (χ1n) is 12.0. The lowest BCUT2D eigenvalue weighted by Crippen LogP contribution is -2.36. The molecule has 0 spiro atoms. The fraction of sp³-hybridized carbons (Fsp3) is 0.692. The molecule has 0 aliphatic heterocycles. The van der Waals surface area contributed by atoms with Crippen molar-refractivity contribution >= 4 is 43.7 Å². The highest BCUT2D eigenvalue weighted by Crippen LogP contribution is 2.26. The molecule has 1 aromatic rings. The predicted molar refractivity (Wildman–Crippen MR) is 137 cm³/mol. The Morgan fingerprint density at radius 3 is 2.10 bits per heavy atom. The van der Waals surface area contributed by atoms with Gasteiger partial charge in [0, 0.05) is 10.4 Å². The van der Waals surface area contributed by atoms with Gasteiger partial charge < -0.3 is 9.47 Å². The second kappa shape index (κ2) is 13.8. The molecular formula is C26H40Br2O2. The second-order valence-corrected chi connectivity index (χ2v) is 10.5. The van der Waals surface area contributed by atoms with Crippen LogP contribution in [0.1, 0.15) is 85.5 Å². The largest absolute Gasteiger partial charge is 0.496 e. The van der Waals surface area contributed by atoms with Crippen LogP contribution in [0.25, 0.3) is 11.8 Å². The third kappa shape index (κ3) is 7.29. The fourth-order valence-corrected chi connectivity index (χ4v) is 5.03. The molecule has 4 heteroatoms. The van der Waals surface area contributed by atoms with Gasteiger partial charge in [-0.3, -0.25) is 0 Å². The molecule has 3 atom stereocenters. The van der Waals surface area contributed by atoms with Crippen LogP contribution < -0.4 is 15.2 Å². The molecule has 0 heterocycles. The Morgan fingerprint density at radius 2 is 1.53 bits per heavy atom. The monoisotopic (exact) mass is 542 g/mol. The minimum atomic E-state index is 0.232. The molecule has 170 valence electrons. The van der Waals surface area contributed by atoms with Gasteiger partial charge in [0.15, 0.2) is 0 Å². The van der Waals surface area contributed by atoms with Gasteiger partial charge in [0.2, 0.25) is 0 Å². The van der Waals surface area contributed by atoms with Crippen molar-refractivity contribution in [3.63, 3.8) is 0 Å². The lowest BCUT2D eigenvalue weighted by atomic mass is 10.00. The Balaban J connectivity index is 2.25. The summed E-state index contributed by atoms with van der Waals surface area (Å²) in [4.78, 5) is 0.232. The summed E-state index contributed by atoms with van der Waals surface area (Å²) in [5.41, 5.74) is 0. The molecule has 0 aromatic heterocycles. The van der Waals surface area contributed by atoms with E-state index in [1.807, 2.05) is 0 Å². The number of alkyl halides is 1. The summed E-state index contributed by atoms with van der Waals surface area (Å²) < 4.78 is 13.9. The van der Waals surface area contributed by atoms with E-state index in [1.165, 1.54) is 55.4 Å². The molecule has 0 saturated carbocycles. The van der Waals surface area contributed by atoms with Crippen molar-refractivity contribution in [3.8, 4) is 5.75 Å². The van der Waals surface area contributed by atoms with Gasteiger partial charge in [-0.2, -0.15) is 0 Å². The summed E-state index contributed by atoms with van der Waals surface area (Å²) in [5.74, 6) is 3.28. The third-order valence-electron chi connectivity index (χ3n) is 6.25. The summed E-state index contributed by atoms with van der Waals surface area (Å²) in [6.45, 7) is 10.6. The van der Waals surface area contributed by atoms with E-state index >= 15 is 0 Å². The van der Waals surface area contributed by atoms with Gasteiger partial charge in [0.05, 0.1) is 22.5 Å². The van der Waals surface area contributed by atoms with Crippen molar-refractivity contribution in [2.75, 3.05) is 13.2 Å². The summed E-state index contributed by atoms with van der Waals surface area (Å²) >= 11 is 7.58. The van der Waals surface area contributed by atoms with E-state index in [-0.39, 0.29) is 4.83 Å². The standard InChI is InChI=1S/C26H40Br2O2/c1-5-9-11-19(7-3)17-29-25-21-13-16-24(28)26(22(21)14-15-23(25)27)30-18-20(8-4)12-10-6-2/h13-15,19-20,24H,5-12,16-18H2,1-4H3. The molecule has 2 rings (SSSR count). The molecule has 1 aliphatic carbocycles. The topological polar surface area (TPSA) is 18.5 Å². The van der Waals surface area contributed by atoms with Crippen molar-refractivity contribution in [2.24, 2.45) is 11.8 Å². The maximum atomic E-state index is 6.45. The van der Waals surface area contributed by atoms with E-state index in [0.717, 1.165) is 42.0 Å². The van der Waals surface area contributed by atoms with E-state index in [2.05, 4.69) is 77.8 Å². The van der Waals surface area contributed by atoms with Crippen molar-refractivity contribution in [2.45, 2.75) is 90.3 Å². The fourth-order valence-electron chi connectivity index (χ4n) is 4.01. The number of hydrogen-bond acceptors (Lipinski definition) is 2. The van der Waals surface area contributed by atoms with E-state index < -0.39 is 0 Å². The van der Waals surface area contributed by atoms with Gasteiger partial charge in [-0.25, -0.2) is 0 Å². The van der Waals surface area contributed by atoms with Crippen molar-refractivity contribution in [1.82, 2.24) is 0 Å². The van der Waals surface area contributed by atoms with Crippen LogP contribution in [0.3, 0.4) is 0 Å². The van der Waals surface area contributed by atoms with Crippen LogP contribution in [0.2, 0.25) is 0 Å². The summed E-state index contributed by atoms with van der Waals surface area (Å²) in [7, 11) is 0. The van der Waals surface area contributed by atoms with Gasteiger partial charge >= 0.3 is 0 Å². The Hall–Kier alpha value is -0.480. The molecule has 0 radical (unpaired) electrons. The molecular weight excluding hydrogens is 504 g/mol. The molecule has 1 aromatic carbocycles. The minimum Gasteiger partial charge on any atom is -0.496 e. The van der Waals surface area contributed by atoms with Gasteiger partial charge in [-0.15, -0.1) is 0 Å². The molecule has 0 saturated heterocycles. The van der Waals surface area contributed by atoms with Crippen LogP contribution in [-0.4, -0.2) is 18.0 Å². The zero-order valence-corrected chi connectivity index (χ0v) is 22.5. The zero-order valence-electron chi connectivity index (χ0n) is 19.3. The highest BCUT2D eigenvalue weighted by atomic mass is 79.9. The van der Waals surface area contributed by atoms with E-state index in [0.29, 0.717) is 11.8 Å². The Kier molecular flexibility index (Phi) is 11.9. The molecule has 0 fully saturated rings. The molecule has 3 unspecified atom stereocenters. The highest BCUT2D eigenvalue weighted by Gasteiger charge is 2.21. The number of hydrogen-bond donors (Lipinski definition) is 0. The van der Waals surface area contributed by atoms with Crippen LogP contribution >= 0.6 is 31.9 Å². The smallest absolute Gasteiger partial charge is 0.141 e. The molecule has 30 heavy (non-hydrogen) atoms. The molecule has 0 N–H and O–H groups in total. The minimum absolute atomic E-state index is 0.232. The summed E-state index contributed by atoms with van der Waals surface area (Å²) in [6.07, 6.45) is 13.1. The van der Waals surface area contributed by atoms with Gasteiger partial charge in [0.25, 0.3) is 0 Å². The maximum absolute atomic E-state index is 6.45. The quantitative estimate of drug-likeness (QED) is 0.228. The first kappa shape index (κ1) is 25.8. The normalized spacial score (nSPS) is 17.8. The van der Waals surface area contributed by atoms with E-state index in [1.54, 1.807) is 0 Å². The SMILES string of the molecule is CCCCC(CC)COC1=c2ccc(Br)c(OCC(CC)CCCC)c2=CCC1Br. The zero-order chi connectivity index (χ0) is 21.9. The second-order valence-electron chi connectivity index (χ2n) is 8.56. The molecule has 1 aliphatic rings. The first-order chi connectivity index (χ1) is 14.5. The Morgan fingerprint density at radius 1 is 0.933 bits per heavy atom. The third-order valence-corrected chi connectivity index (χ3v) is 7.67. The lowest BCUT2D eigenvalue weighted by Gasteiger charge is -2.23. The van der Waals surface area contributed by atoms with Crippen molar-refractivity contribution < 1.29 is 9.47 Å². The predicted octanol–water partition coefficient (Wildman–Crippen LogP) is 7.33.